The lowest BCUT2D eigenvalue weighted by Crippen LogP contribution is -2.48. The Morgan fingerprint density at radius 2 is 1.68 bits per heavy atom. The minimum atomic E-state index is -1.20. The first-order valence-electron chi connectivity index (χ1n) is 19.1. The molecule has 2 aromatic rings. The third-order valence-electron chi connectivity index (χ3n) is 9.44. The number of piperazine rings is 1. The van der Waals surface area contributed by atoms with E-state index < -0.39 is 11.7 Å². The first-order valence-corrected chi connectivity index (χ1v) is 20.9. The number of urea groups is 1. The normalized spacial score (nSPS) is 20.4. The van der Waals surface area contributed by atoms with Crippen molar-refractivity contribution in [3.05, 3.63) is 18.7 Å². The zero-order valence-corrected chi connectivity index (χ0v) is 34.5. The lowest BCUT2D eigenvalue weighted by Gasteiger charge is -2.34. The van der Waals surface area contributed by atoms with Crippen LogP contribution in [0.2, 0.25) is 0 Å². The number of nitrogens with one attached hydrogen (secondary N) is 3. The predicted molar refractivity (Wildman–Crippen MR) is 216 cm³/mol. The van der Waals surface area contributed by atoms with Gasteiger partial charge in [-0.2, -0.15) is 21.7 Å². The van der Waals surface area contributed by atoms with Crippen LogP contribution >= 0.6 is 23.5 Å². The Kier molecular flexibility index (Phi) is 17.5. The van der Waals surface area contributed by atoms with Crippen LogP contribution in [0.1, 0.15) is 32.6 Å². The highest BCUT2D eigenvalue weighted by Crippen LogP contribution is 2.40. The number of thioether (sulfide) groups is 1. The van der Waals surface area contributed by atoms with Crippen LogP contribution in [0.3, 0.4) is 0 Å². The average molecular weight is 837 g/mol. The highest BCUT2D eigenvalue weighted by Gasteiger charge is 2.42. The maximum Gasteiger partial charge on any atom is 0.315 e. The van der Waals surface area contributed by atoms with Crippen LogP contribution in [-0.4, -0.2) is 164 Å². The number of rotatable bonds is 25. The number of nitrogens with two attached hydrogens (primary N) is 1. The summed E-state index contributed by atoms with van der Waals surface area (Å²) < 4.78 is 33.9. The van der Waals surface area contributed by atoms with Gasteiger partial charge < -0.3 is 60.1 Å². The van der Waals surface area contributed by atoms with Gasteiger partial charge in [0.15, 0.2) is 10.9 Å². The summed E-state index contributed by atoms with van der Waals surface area (Å²) in [5, 5.41) is 19.8. The summed E-state index contributed by atoms with van der Waals surface area (Å²) in [5.74, 6) is 0.801. The fourth-order valence-corrected chi connectivity index (χ4v) is 8.92. The minimum absolute atomic E-state index is 0.0642. The maximum absolute atomic E-state index is 11.8. The molecule has 0 spiro atoms. The van der Waals surface area contributed by atoms with Gasteiger partial charge in [0.1, 0.15) is 16.5 Å². The maximum atomic E-state index is 11.8. The zero-order valence-electron chi connectivity index (χ0n) is 32.9. The van der Waals surface area contributed by atoms with Gasteiger partial charge in [0.25, 0.3) is 0 Å². The van der Waals surface area contributed by atoms with Gasteiger partial charge in [0, 0.05) is 56.2 Å². The molecule has 4 atom stereocenters. The van der Waals surface area contributed by atoms with Crippen molar-refractivity contribution in [2.45, 2.75) is 65.8 Å². The molecule has 3 amide bonds. The Balaban J connectivity index is 0.888. The number of methoxy groups -OCH3 is 2. The topological polar surface area (TPSA) is 230 Å². The number of nitrogen functional groups attached to an aromatic ring is 1. The van der Waals surface area contributed by atoms with Crippen molar-refractivity contribution in [3.63, 3.8) is 0 Å². The lowest BCUT2D eigenvalue weighted by atomic mass is 10.0. The number of carbonyl (C=O) groups is 2. The first kappa shape index (κ1) is 44.4. The number of carbonyl (C=O) groups excluding carboxylic acids is 2. The Morgan fingerprint density at radius 1 is 1.02 bits per heavy atom. The van der Waals surface area contributed by atoms with Crippen molar-refractivity contribution in [1.29, 1.82) is 0 Å². The summed E-state index contributed by atoms with van der Waals surface area (Å²) in [4.78, 5) is 46.1. The molecule has 3 aliphatic heterocycles. The van der Waals surface area contributed by atoms with Crippen LogP contribution in [0.5, 0.6) is 11.8 Å². The first-order chi connectivity index (χ1) is 27.6. The second kappa shape index (κ2) is 22.4. The largest absolute Gasteiger partial charge is 0.480 e. The standard InChI is InChI=1S/C36H56N10O9S2/c1-5-28(47)40-27-22-26(37)39-35(41-27)57-30-31(50-3)43-33(44-32(30)51-4)46-12-10-45(11-13-46)14-15-52-16-17-53-18-19-54-20-21-55-36(2,49)9-7-6-8-25-29-24(23-56-25)38-34(48)42-29/h5,22,24-25,29,49H,1,6-21,23H2,2-4H3,(H2,38,42,48)(H3,37,39,40,41,47)/t24-,25-,29-,36?/m0/s1. The molecule has 57 heavy (non-hydrogen) atoms. The van der Waals surface area contributed by atoms with E-state index in [1.54, 1.807) is 6.92 Å². The molecule has 316 valence electrons. The van der Waals surface area contributed by atoms with E-state index in [0.717, 1.165) is 62.5 Å². The molecule has 0 radical (unpaired) electrons. The summed E-state index contributed by atoms with van der Waals surface area (Å²) in [7, 11) is 3.03. The molecule has 1 unspecified atom stereocenters. The number of anilines is 3. The quantitative estimate of drug-likeness (QED) is 0.0316. The number of ether oxygens (including phenoxy) is 6. The molecule has 3 fully saturated rings. The number of aliphatic hydroxyl groups is 1. The number of amides is 3. The van der Waals surface area contributed by atoms with E-state index in [2.05, 4.69) is 52.3 Å². The van der Waals surface area contributed by atoms with E-state index in [1.165, 1.54) is 20.3 Å². The highest BCUT2D eigenvalue weighted by atomic mass is 32.2. The minimum Gasteiger partial charge on any atom is -0.480 e. The summed E-state index contributed by atoms with van der Waals surface area (Å²) in [6, 6.07) is 1.82. The van der Waals surface area contributed by atoms with Crippen LogP contribution in [0, 0.1) is 0 Å². The molecule has 0 aromatic carbocycles. The van der Waals surface area contributed by atoms with Crippen molar-refractivity contribution < 1.29 is 43.1 Å². The van der Waals surface area contributed by atoms with Gasteiger partial charge >= 0.3 is 6.03 Å². The molecule has 3 saturated heterocycles. The monoisotopic (exact) mass is 836 g/mol. The summed E-state index contributed by atoms with van der Waals surface area (Å²) >= 11 is 3.01. The molecule has 5 heterocycles. The zero-order chi connectivity index (χ0) is 40.6. The van der Waals surface area contributed by atoms with Gasteiger partial charge in [-0.15, -0.1) is 0 Å². The van der Waals surface area contributed by atoms with Crippen molar-refractivity contribution in [2.75, 3.05) is 115 Å². The second-order valence-electron chi connectivity index (χ2n) is 13.7. The van der Waals surface area contributed by atoms with Gasteiger partial charge in [-0.1, -0.05) is 13.0 Å². The van der Waals surface area contributed by atoms with Gasteiger partial charge in [0.2, 0.25) is 23.6 Å². The molecular formula is C36H56N10O9S2. The molecule has 3 aliphatic rings. The molecule has 6 N–H and O–H groups in total. The summed E-state index contributed by atoms with van der Waals surface area (Å²) in [5.41, 5.74) is 5.95. The average Bonchev–Trinajstić information content (AvgIpc) is 3.75. The Hall–Kier alpha value is -3.70. The fraction of sp³-hybridized carbons (Fsp3) is 0.667. The van der Waals surface area contributed by atoms with Crippen molar-refractivity contribution >= 4 is 53.0 Å². The third-order valence-corrected chi connectivity index (χ3v) is 11.9. The number of hydrogen-bond donors (Lipinski definition) is 5. The molecule has 19 nitrogen and oxygen atoms in total. The molecule has 21 heteroatoms. The molecule has 0 aliphatic carbocycles. The van der Waals surface area contributed by atoms with Crippen LogP contribution in [0.4, 0.5) is 22.4 Å². The summed E-state index contributed by atoms with van der Waals surface area (Å²) in [6.45, 7) is 12.0. The smallest absolute Gasteiger partial charge is 0.315 e. The van der Waals surface area contributed by atoms with E-state index in [9.17, 15) is 14.7 Å². The van der Waals surface area contributed by atoms with E-state index in [-0.39, 0.29) is 34.9 Å². The highest BCUT2D eigenvalue weighted by molar-refractivity contribution is 8.00. The van der Waals surface area contributed by atoms with Crippen molar-refractivity contribution in [3.8, 4) is 11.8 Å². The number of aromatic nitrogens is 4. The second-order valence-corrected chi connectivity index (χ2v) is 15.9. The number of fused-ring (bicyclic) bond motifs is 1. The lowest BCUT2D eigenvalue weighted by molar-refractivity contribution is -0.201. The Bertz CT molecular complexity index is 1600. The molecular weight excluding hydrogens is 781 g/mol. The number of hydrogen-bond acceptors (Lipinski definition) is 18. The Labute approximate surface area is 341 Å². The predicted octanol–water partition coefficient (Wildman–Crippen LogP) is 1.76. The van der Waals surface area contributed by atoms with Crippen LogP contribution < -0.4 is 36.1 Å². The van der Waals surface area contributed by atoms with E-state index >= 15 is 0 Å². The Morgan fingerprint density at radius 3 is 2.35 bits per heavy atom. The molecule has 2 aromatic heterocycles. The van der Waals surface area contributed by atoms with Gasteiger partial charge in [0.05, 0.1) is 72.6 Å². The van der Waals surface area contributed by atoms with Gasteiger partial charge in [-0.05, 0) is 37.6 Å². The summed E-state index contributed by atoms with van der Waals surface area (Å²) in [6.07, 6.45) is 4.50. The van der Waals surface area contributed by atoms with Crippen LogP contribution in [0.25, 0.3) is 0 Å². The van der Waals surface area contributed by atoms with Crippen LogP contribution in [0.15, 0.2) is 28.8 Å². The molecule has 0 bridgehead atoms. The molecule has 0 saturated carbocycles. The van der Waals surface area contributed by atoms with E-state index in [0.29, 0.717) is 93.6 Å². The van der Waals surface area contributed by atoms with Crippen molar-refractivity contribution in [1.82, 2.24) is 35.5 Å². The fourth-order valence-electron chi connectivity index (χ4n) is 6.47. The number of unbranched alkanes of at least 4 members (excludes halogenated alkanes) is 1. The van der Waals surface area contributed by atoms with E-state index in [4.69, 9.17) is 34.2 Å². The van der Waals surface area contributed by atoms with Gasteiger partial charge in [-0.25, -0.2) is 14.8 Å². The SMILES string of the molecule is C=CC(=O)Nc1cc(N)nc(Sc2c(OC)nc(N3CCN(CCOCCOCCOCCOC(C)(O)CCCC[C@@H]4SC[C@@H]5NC(=O)N[C@@H]54)CC3)nc2OC)n1. The van der Waals surface area contributed by atoms with Crippen LogP contribution in [-0.2, 0) is 23.7 Å². The van der Waals surface area contributed by atoms with Gasteiger partial charge in [-0.3, -0.25) is 9.69 Å². The van der Waals surface area contributed by atoms with E-state index in [1.807, 2.05) is 11.8 Å². The molecule has 5 rings (SSSR count). The van der Waals surface area contributed by atoms with Crippen molar-refractivity contribution in [2.24, 2.45) is 0 Å². The third kappa shape index (κ3) is 14.0. The number of nitrogens with zero attached hydrogens (tertiary/aromatic N) is 6.